The molecule has 3 aromatic rings. The highest BCUT2D eigenvalue weighted by Crippen LogP contribution is 2.33. The van der Waals surface area contributed by atoms with Gasteiger partial charge in [0.25, 0.3) is 5.56 Å². The van der Waals surface area contributed by atoms with Crippen LogP contribution in [0.2, 0.25) is 5.02 Å². The first-order chi connectivity index (χ1) is 12.1. The van der Waals surface area contributed by atoms with Gasteiger partial charge in [-0.3, -0.25) is 4.79 Å². The van der Waals surface area contributed by atoms with Crippen molar-refractivity contribution in [1.82, 2.24) is 19.7 Å². The van der Waals surface area contributed by atoms with E-state index in [1.54, 1.807) is 12.1 Å². The Bertz CT molecular complexity index is 1000. The van der Waals surface area contributed by atoms with Crippen LogP contribution in [0.3, 0.4) is 0 Å². The lowest BCUT2D eigenvalue weighted by atomic mass is 10.1. The molecule has 1 aromatic carbocycles. The van der Waals surface area contributed by atoms with Gasteiger partial charge in [0.2, 0.25) is 0 Å². The van der Waals surface area contributed by atoms with Crippen molar-refractivity contribution in [2.75, 3.05) is 0 Å². The lowest BCUT2D eigenvalue weighted by Crippen LogP contribution is -2.12. The second kappa shape index (κ2) is 6.19. The van der Waals surface area contributed by atoms with Gasteiger partial charge in [-0.15, -0.1) is 0 Å². The van der Waals surface area contributed by atoms with E-state index < -0.39 is 0 Å². The molecule has 0 spiro atoms. The molecule has 25 heavy (non-hydrogen) atoms. The quantitative estimate of drug-likeness (QED) is 0.745. The Labute approximate surface area is 149 Å². The van der Waals surface area contributed by atoms with Crippen molar-refractivity contribution in [2.24, 2.45) is 0 Å². The van der Waals surface area contributed by atoms with E-state index >= 15 is 0 Å². The largest absolute Gasteiger partial charge is 0.507 e. The number of phenols is 1. The molecular weight excluding hydrogens is 340 g/mol. The predicted octanol–water partition coefficient (Wildman–Crippen LogP) is 3.82. The molecule has 2 N–H and O–H groups in total. The summed E-state index contributed by atoms with van der Waals surface area (Å²) in [6, 6.07) is 5.03. The Balaban J connectivity index is 1.96. The van der Waals surface area contributed by atoms with E-state index in [2.05, 4.69) is 15.1 Å². The summed E-state index contributed by atoms with van der Waals surface area (Å²) >= 11 is 5.90. The summed E-state index contributed by atoms with van der Waals surface area (Å²) in [7, 11) is 0. The molecule has 0 aliphatic heterocycles. The van der Waals surface area contributed by atoms with Gasteiger partial charge >= 0.3 is 0 Å². The van der Waals surface area contributed by atoms with Gasteiger partial charge in [-0.05, 0) is 37.5 Å². The number of fused-ring (bicyclic) bond motifs is 1. The number of aromatic nitrogens is 4. The van der Waals surface area contributed by atoms with Crippen molar-refractivity contribution in [3.63, 3.8) is 0 Å². The van der Waals surface area contributed by atoms with Gasteiger partial charge in [0, 0.05) is 5.02 Å². The minimum atomic E-state index is -0.226. The molecule has 1 aliphatic rings. The number of rotatable bonds is 3. The number of H-pyrrole nitrogens is 1. The maximum Gasteiger partial charge on any atom is 0.262 e. The first-order valence-electron chi connectivity index (χ1n) is 8.58. The number of phenolic OH excluding ortho intramolecular Hbond substituents is 1. The van der Waals surface area contributed by atoms with Crippen LogP contribution in [-0.4, -0.2) is 24.9 Å². The molecule has 2 heterocycles. The minimum Gasteiger partial charge on any atom is -0.507 e. The van der Waals surface area contributed by atoms with Crippen LogP contribution < -0.4 is 5.56 Å². The van der Waals surface area contributed by atoms with E-state index in [0.717, 1.165) is 18.5 Å². The Morgan fingerprint density at radius 2 is 2.12 bits per heavy atom. The Morgan fingerprint density at radius 3 is 2.80 bits per heavy atom. The molecule has 0 saturated heterocycles. The summed E-state index contributed by atoms with van der Waals surface area (Å²) in [6.07, 6.45) is 5.11. The summed E-state index contributed by atoms with van der Waals surface area (Å²) in [5.41, 5.74) is 1.58. The van der Waals surface area contributed by atoms with E-state index in [4.69, 9.17) is 11.6 Å². The van der Waals surface area contributed by atoms with Crippen LogP contribution in [0.5, 0.6) is 5.75 Å². The Morgan fingerprint density at radius 1 is 1.36 bits per heavy atom. The zero-order valence-corrected chi connectivity index (χ0v) is 14.7. The van der Waals surface area contributed by atoms with Crippen molar-refractivity contribution in [1.29, 1.82) is 0 Å². The van der Waals surface area contributed by atoms with Gasteiger partial charge < -0.3 is 10.1 Å². The molecular formula is C18H19ClN4O2. The molecule has 130 valence electrons. The molecule has 6 nitrogen and oxygen atoms in total. The number of hydrogen-bond donors (Lipinski definition) is 2. The lowest BCUT2D eigenvalue weighted by molar-refractivity contribution is 0.473. The molecule has 0 bridgehead atoms. The predicted molar refractivity (Wildman–Crippen MR) is 97.1 cm³/mol. The minimum absolute atomic E-state index is 0.0161. The Kier molecular flexibility index (Phi) is 4.00. The number of aromatic hydroxyl groups is 1. The second-order valence-electron chi connectivity index (χ2n) is 6.46. The first kappa shape index (κ1) is 16.1. The van der Waals surface area contributed by atoms with Gasteiger partial charge in [-0.2, -0.15) is 5.10 Å². The molecule has 7 heteroatoms. The zero-order valence-electron chi connectivity index (χ0n) is 13.9. The first-order valence-corrected chi connectivity index (χ1v) is 8.96. The zero-order chi connectivity index (χ0) is 17.6. The third-order valence-electron chi connectivity index (χ3n) is 4.85. The molecule has 1 fully saturated rings. The van der Waals surface area contributed by atoms with Crippen LogP contribution in [0.4, 0.5) is 0 Å². The fourth-order valence-electron chi connectivity index (χ4n) is 3.60. The highest BCUT2D eigenvalue weighted by atomic mass is 35.5. The van der Waals surface area contributed by atoms with Gasteiger partial charge in [0.05, 0.1) is 17.3 Å². The van der Waals surface area contributed by atoms with Crippen LogP contribution in [0.15, 0.2) is 23.0 Å². The molecule has 1 saturated carbocycles. The fourth-order valence-corrected chi connectivity index (χ4v) is 3.76. The maximum atomic E-state index is 12.7. The van der Waals surface area contributed by atoms with Crippen LogP contribution in [-0.2, 0) is 6.42 Å². The van der Waals surface area contributed by atoms with Gasteiger partial charge in [0.15, 0.2) is 5.65 Å². The number of halogens is 1. The van der Waals surface area contributed by atoms with Crippen molar-refractivity contribution in [2.45, 2.75) is 45.1 Å². The van der Waals surface area contributed by atoms with E-state index in [-0.39, 0.29) is 17.4 Å². The monoisotopic (exact) mass is 358 g/mol. The number of aromatic amines is 1. The SMILES string of the molecule is CCc1nn(C2CCCC2)c2nc(-c3ccc(Cl)cc3O)[nH]c(=O)c12. The van der Waals surface area contributed by atoms with Gasteiger partial charge in [-0.1, -0.05) is 31.4 Å². The molecule has 0 atom stereocenters. The summed E-state index contributed by atoms with van der Waals surface area (Å²) in [5, 5.41) is 15.8. The molecule has 4 rings (SSSR count). The lowest BCUT2D eigenvalue weighted by Gasteiger charge is -2.11. The Hall–Kier alpha value is -2.34. The number of nitrogens with one attached hydrogen (secondary N) is 1. The van der Waals surface area contributed by atoms with E-state index in [1.165, 1.54) is 18.9 Å². The maximum absolute atomic E-state index is 12.7. The van der Waals surface area contributed by atoms with E-state index in [1.807, 2.05) is 11.6 Å². The highest BCUT2D eigenvalue weighted by molar-refractivity contribution is 6.30. The topological polar surface area (TPSA) is 83.8 Å². The number of aryl methyl sites for hydroxylation is 1. The van der Waals surface area contributed by atoms with Crippen LogP contribution in [0, 0.1) is 0 Å². The normalized spacial score (nSPS) is 15.3. The van der Waals surface area contributed by atoms with Crippen LogP contribution in [0.1, 0.15) is 44.3 Å². The van der Waals surface area contributed by atoms with Crippen molar-refractivity contribution in [3.05, 3.63) is 39.3 Å². The second-order valence-corrected chi connectivity index (χ2v) is 6.89. The summed E-state index contributed by atoms with van der Waals surface area (Å²) in [6.45, 7) is 1.99. The highest BCUT2D eigenvalue weighted by Gasteiger charge is 2.24. The molecule has 0 unspecified atom stereocenters. The third kappa shape index (κ3) is 2.70. The summed E-state index contributed by atoms with van der Waals surface area (Å²) < 4.78 is 1.91. The fraction of sp³-hybridized carbons (Fsp3) is 0.389. The van der Waals surface area contributed by atoms with Crippen LogP contribution in [0.25, 0.3) is 22.4 Å². The number of benzene rings is 1. The van der Waals surface area contributed by atoms with Gasteiger partial charge in [0.1, 0.15) is 17.0 Å². The van der Waals surface area contributed by atoms with Crippen molar-refractivity contribution < 1.29 is 5.11 Å². The number of nitrogens with zero attached hydrogens (tertiary/aromatic N) is 3. The molecule has 1 aliphatic carbocycles. The average molecular weight is 359 g/mol. The standard InChI is InChI=1S/C18H19ClN4O2/c1-2-13-15-17(23(22-13)11-5-3-4-6-11)20-16(21-18(15)25)12-8-7-10(19)9-14(12)24/h7-9,11,24H,2-6H2,1H3,(H,20,21,25). The smallest absolute Gasteiger partial charge is 0.262 e. The number of hydrogen-bond acceptors (Lipinski definition) is 4. The van der Waals surface area contributed by atoms with E-state index in [9.17, 15) is 9.90 Å². The van der Waals surface area contributed by atoms with Crippen molar-refractivity contribution >= 4 is 22.6 Å². The van der Waals surface area contributed by atoms with E-state index in [0.29, 0.717) is 33.9 Å². The summed E-state index contributed by atoms with van der Waals surface area (Å²) in [4.78, 5) is 20.1. The van der Waals surface area contributed by atoms with Crippen molar-refractivity contribution in [3.8, 4) is 17.1 Å². The van der Waals surface area contributed by atoms with Crippen LogP contribution >= 0.6 is 11.6 Å². The third-order valence-corrected chi connectivity index (χ3v) is 5.09. The molecule has 0 amide bonds. The summed E-state index contributed by atoms with van der Waals surface area (Å²) in [5.74, 6) is 0.311. The molecule has 2 aromatic heterocycles. The molecule has 0 radical (unpaired) electrons. The van der Waals surface area contributed by atoms with Gasteiger partial charge in [-0.25, -0.2) is 9.67 Å². The average Bonchev–Trinajstić information content (AvgIpc) is 3.21.